The van der Waals surface area contributed by atoms with Gasteiger partial charge in [-0.2, -0.15) is 9.78 Å². The molecule has 0 amide bonds. The molecule has 0 unspecified atom stereocenters. The molecule has 1 aliphatic heterocycles. The summed E-state index contributed by atoms with van der Waals surface area (Å²) >= 11 is 0. The van der Waals surface area contributed by atoms with Crippen LogP contribution in [0.3, 0.4) is 0 Å². The SMILES string of the molecule is CC(C)(C)COC(=O)C1OO1. The topological polar surface area (TPSA) is 51.4 Å². The Labute approximate surface area is 65.4 Å². The molecule has 0 N–H and O–H groups in total. The van der Waals surface area contributed by atoms with Crippen LogP contribution in [0.4, 0.5) is 0 Å². The summed E-state index contributed by atoms with van der Waals surface area (Å²) in [5.74, 6) is -0.445. The van der Waals surface area contributed by atoms with E-state index >= 15 is 0 Å². The van der Waals surface area contributed by atoms with Crippen molar-refractivity contribution < 1.29 is 19.3 Å². The van der Waals surface area contributed by atoms with Crippen LogP contribution in [0.25, 0.3) is 0 Å². The van der Waals surface area contributed by atoms with Crippen molar-refractivity contribution in [1.82, 2.24) is 0 Å². The third-order valence-corrected chi connectivity index (χ3v) is 1.03. The first-order valence-corrected chi connectivity index (χ1v) is 3.48. The second-order valence-corrected chi connectivity index (χ2v) is 3.69. The average Bonchev–Trinajstić information content (AvgIpc) is 2.61. The van der Waals surface area contributed by atoms with Crippen LogP contribution in [-0.4, -0.2) is 18.9 Å². The lowest BCUT2D eigenvalue weighted by atomic mass is 9.99. The second-order valence-electron chi connectivity index (χ2n) is 3.69. The maximum absolute atomic E-state index is 10.8. The van der Waals surface area contributed by atoms with E-state index in [1.54, 1.807) is 0 Å². The van der Waals surface area contributed by atoms with Gasteiger partial charge in [0.05, 0.1) is 6.61 Å². The fourth-order valence-electron chi connectivity index (χ4n) is 0.462. The Hall–Kier alpha value is -0.610. The summed E-state index contributed by atoms with van der Waals surface area (Å²) in [6.45, 7) is 6.33. The minimum Gasteiger partial charge on any atom is -0.461 e. The first-order valence-electron chi connectivity index (χ1n) is 3.48. The highest BCUT2D eigenvalue weighted by Crippen LogP contribution is 2.17. The molecule has 0 aromatic carbocycles. The Balaban J connectivity index is 2.16. The van der Waals surface area contributed by atoms with Gasteiger partial charge in [0, 0.05) is 0 Å². The van der Waals surface area contributed by atoms with Gasteiger partial charge < -0.3 is 4.74 Å². The van der Waals surface area contributed by atoms with Crippen LogP contribution in [0.2, 0.25) is 0 Å². The van der Waals surface area contributed by atoms with E-state index in [9.17, 15) is 4.79 Å². The summed E-state index contributed by atoms with van der Waals surface area (Å²) in [7, 11) is 0. The van der Waals surface area contributed by atoms with E-state index in [2.05, 4.69) is 9.78 Å². The van der Waals surface area contributed by atoms with Crippen LogP contribution < -0.4 is 0 Å². The molecule has 0 aliphatic carbocycles. The van der Waals surface area contributed by atoms with Gasteiger partial charge in [0.15, 0.2) is 0 Å². The van der Waals surface area contributed by atoms with Crippen LogP contribution in [0.5, 0.6) is 0 Å². The first-order chi connectivity index (χ1) is 4.99. The van der Waals surface area contributed by atoms with E-state index in [-0.39, 0.29) is 5.41 Å². The molecule has 11 heavy (non-hydrogen) atoms. The fourth-order valence-corrected chi connectivity index (χ4v) is 0.462. The van der Waals surface area contributed by atoms with Crippen molar-refractivity contribution in [2.75, 3.05) is 6.61 Å². The summed E-state index contributed by atoms with van der Waals surface area (Å²) < 4.78 is 4.84. The number of carbonyl (C=O) groups excluding carboxylic acids is 1. The van der Waals surface area contributed by atoms with Crippen LogP contribution in [0, 0.1) is 5.41 Å². The largest absolute Gasteiger partial charge is 0.461 e. The highest BCUT2D eigenvalue weighted by Gasteiger charge is 2.37. The molecule has 64 valence electrons. The van der Waals surface area contributed by atoms with Gasteiger partial charge in [-0.05, 0) is 5.41 Å². The first kappa shape index (κ1) is 8.49. The summed E-state index contributed by atoms with van der Waals surface area (Å²) in [5, 5.41) is 0. The lowest BCUT2D eigenvalue weighted by molar-refractivity contribution is -0.148. The molecule has 1 fully saturated rings. The molecule has 1 heterocycles. The zero-order valence-corrected chi connectivity index (χ0v) is 6.92. The monoisotopic (exact) mass is 160 g/mol. The minimum absolute atomic E-state index is 0.00938. The Morgan fingerprint density at radius 2 is 2.00 bits per heavy atom. The molecular formula is C7H12O4. The van der Waals surface area contributed by atoms with Crippen LogP contribution in [0.15, 0.2) is 0 Å². The lowest BCUT2D eigenvalue weighted by Gasteiger charge is -2.16. The van der Waals surface area contributed by atoms with Gasteiger partial charge in [-0.1, -0.05) is 20.8 Å². The van der Waals surface area contributed by atoms with Gasteiger partial charge in [-0.25, -0.2) is 4.79 Å². The van der Waals surface area contributed by atoms with Gasteiger partial charge in [0.2, 0.25) is 0 Å². The maximum Gasteiger partial charge on any atom is 0.369 e. The molecule has 0 atom stereocenters. The lowest BCUT2D eigenvalue weighted by Crippen LogP contribution is -2.20. The second kappa shape index (κ2) is 2.79. The normalized spacial score (nSPS) is 18.1. The van der Waals surface area contributed by atoms with Gasteiger partial charge in [-0.3, -0.25) is 0 Å². The third-order valence-electron chi connectivity index (χ3n) is 1.03. The highest BCUT2D eigenvalue weighted by atomic mass is 17.4. The van der Waals surface area contributed by atoms with Gasteiger partial charge in [-0.15, -0.1) is 0 Å². The number of hydrogen-bond donors (Lipinski definition) is 0. The zero-order valence-electron chi connectivity index (χ0n) is 6.92. The fraction of sp³-hybridized carbons (Fsp3) is 0.857. The van der Waals surface area contributed by atoms with Crippen LogP contribution in [0.1, 0.15) is 20.8 Å². The van der Waals surface area contributed by atoms with E-state index in [1.807, 2.05) is 20.8 Å². The predicted molar refractivity (Wildman–Crippen MR) is 36.4 cm³/mol. The number of hydrogen-bond acceptors (Lipinski definition) is 4. The highest BCUT2D eigenvalue weighted by molar-refractivity contribution is 5.74. The molecule has 4 nitrogen and oxygen atoms in total. The van der Waals surface area contributed by atoms with E-state index in [0.29, 0.717) is 6.61 Å². The predicted octanol–water partition coefficient (Wildman–Crippen LogP) is 0.864. The summed E-state index contributed by atoms with van der Waals surface area (Å²) in [5.41, 5.74) is -0.00938. The van der Waals surface area contributed by atoms with Crippen molar-refractivity contribution in [3.05, 3.63) is 0 Å². The van der Waals surface area contributed by atoms with Crippen LogP contribution in [-0.2, 0) is 19.3 Å². The third kappa shape index (κ3) is 3.34. The Bertz CT molecular complexity index is 154. The molecule has 1 rings (SSSR count). The molecule has 1 saturated heterocycles. The van der Waals surface area contributed by atoms with Crippen molar-refractivity contribution in [3.8, 4) is 0 Å². The molecule has 0 radical (unpaired) electrons. The van der Waals surface area contributed by atoms with Crippen molar-refractivity contribution in [3.63, 3.8) is 0 Å². The van der Waals surface area contributed by atoms with Gasteiger partial charge >= 0.3 is 12.3 Å². The summed E-state index contributed by atoms with van der Waals surface area (Å²) in [6.07, 6.45) is -0.766. The molecule has 4 heteroatoms. The van der Waals surface area contributed by atoms with Crippen molar-refractivity contribution in [2.24, 2.45) is 5.41 Å². The van der Waals surface area contributed by atoms with Crippen molar-refractivity contribution in [2.45, 2.75) is 27.1 Å². The molecule has 0 spiro atoms. The molecule has 1 aliphatic rings. The van der Waals surface area contributed by atoms with E-state index in [4.69, 9.17) is 4.74 Å². The molecule has 0 aromatic heterocycles. The van der Waals surface area contributed by atoms with Crippen LogP contribution >= 0.6 is 0 Å². The number of ether oxygens (including phenoxy) is 1. The van der Waals surface area contributed by atoms with Crippen molar-refractivity contribution in [1.29, 1.82) is 0 Å². The molecule has 0 bridgehead atoms. The Kier molecular flexibility index (Phi) is 2.15. The maximum atomic E-state index is 10.8. The Morgan fingerprint density at radius 3 is 2.36 bits per heavy atom. The number of rotatable bonds is 2. The van der Waals surface area contributed by atoms with Gasteiger partial charge in [0.1, 0.15) is 0 Å². The summed E-state index contributed by atoms with van der Waals surface area (Å²) in [4.78, 5) is 19.3. The Morgan fingerprint density at radius 1 is 1.45 bits per heavy atom. The number of carbonyl (C=O) groups is 1. The zero-order chi connectivity index (χ0) is 8.48. The average molecular weight is 160 g/mol. The smallest absolute Gasteiger partial charge is 0.369 e. The molecule has 0 saturated carbocycles. The number of esters is 1. The van der Waals surface area contributed by atoms with Crippen molar-refractivity contribution >= 4 is 5.97 Å². The van der Waals surface area contributed by atoms with E-state index in [1.165, 1.54) is 0 Å². The molecule has 0 aromatic rings. The van der Waals surface area contributed by atoms with Gasteiger partial charge in [0.25, 0.3) is 0 Å². The van der Waals surface area contributed by atoms with E-state index < -0.39 is 12.3 Å². The molecular weight excluding hydrogens is 148 g/mol. The van der Waals surface area contributed by atoms with E-state index in [0.717, 1.165) is 0 Å². The summed E-state index contributed by atoms with van der Waals surface area (Å²) in [6, 6.07) is 0. The standard InChI is InChI=1S/C7H12O4/c1-7(2,3)4-9-5(8)6-10-11-6/h6H,4H2,1-3H3. The minimum atomic E-state index is -0.766. The quantitative estimate of drug-likeness (QED) is 0.341.